The lowest BCUT2D eigenvalue weighted by Gasteiger charge is -2.14. The molecule has 3 rings (SSSR count). The average Bonchev–Trinajstić information content (AvgIpc) is 2.50. The summed E-state index contributed by atoms with van der Waals surface area (Å²) in [5.74, 6) is 0.134. The zero-order valence-corrected chi connectivity index (χ0v) is 13.8. The fourth-order valence-electron chi connectivity index (χ4n) is 2.60. The lowest BCUT2D eigenvalue weighted by Crippen LogP contribution is -2.12. The second-order valence-electron chi connectivity index (χ2n) is 5.52. The van der Waals surface area contributed by atoms with Crippen LogP contribution in [0.25, 0.3) is 22.1 Å². The molecule has 4 nitrogen and oxygen atoms in total. The maximum atomic E-state index is 12.0. The molecule has 5 heteroatoms. The summed E-state index contributed by atoms with van der Waals surface area (Å²) in [6.07, 6.45) is 0. The van der Waals surface area contributed by atoms with Crippen LogP contribution in [0.2, 0.25) is 0 Å². The van der Waals surface area contributed by atoms with Crippen LogP contribution in [0.5, 0.6) is 5.75 Å². The van der Waals surface area contributed by atoms with Crippen molar-refractivity contribution >= 4 is 23.4 Å². The van der Waals surface area contributed by atoms with Gasteiger partial charge in [-0.2, -0.15) is 0 Å². The zero-order valence-electron chi connectivity index (χ0n) is 12.9. The van der Waals surface area contributed by atoms with Crippen LogP contribution < -0.4 is 5.63 Å². The van der Waals surface area contributed by atoms with Crippen LogP contribution in [0.3, 0.4) is 0 Å². The Morgan fingerprint density at radius 3 is 2.43 bits per heavy atom. The van der Waals surface area contributed by atoms with Gasteiger partial charge in [-0.15, -0.1) is 12.4 Å². The van der Waals surface area contributed by atoms with E-state index >= 15 is 0 Å². The molecule has 0 bridgehead atoms. The molecule has 0 aliphatic heterocycles. The van der Waals surface area contributed by atoms with E-state index in [4.69, 9.17) is 4.42 Å². The molecule has 2 aromatic carbocycles. The number of fused-ring (bicyclic) bond motifs is 1. The second-order valence-corrected chi connectivity index (χ2v) is 5.52. The second kappa shape index (κ2) is 6.86. The minimum absolute atomic E-state index is 0. The Bertz CT molecular complexity index is 873. The molecule has 1 N–H and O–H groups in total. The van der Waals surface area contributed by atoms with Gasteiger partial charge < -0.3 is 14.4 Å². The minimum atomic E-state index is -0.419. The minimum Gasteiger partial charge on any atom is -0.507 e. The van der Waals surface area contributed by atoms with Gasteiger partial charge in [0.25, 0.3) is 0 Å². The van der Waals surface area contributed by atoms with Crippen molar-refractivity contribution in [2.24, 2.45) is 0 Å². The summed E-state index contributed by atoms with van der Waals surface area (Å²) in [7, 11) is 3.80. The lowest BCUT2D eigenvalue weighted by molar-refractivity contribution is 0.383. The van der Waals surface area contributed by atoms with Crippen molar-refractivity contribution in [3.8, 4) is 16.9 Å². The molecule has 23 heavy (non-hydrogen) atoms. The number of rotatable bonds is 3. The number of aromatic hydroxyl groups is 1. The number of hydrogen-bond acceptors (Lipinski definition) is 4. The van der Waals surface area contributed by atoms with Crippen LogP contribution in [0.4, 0.5) is 0 Å². The summed E-state index contributed by atoms with van der Waals surface area (Å²) in [6, 6.07) is 14.6. The first-order valence-corrected chi connectivity index (χ1v) is 7.05. The third-order valence-corrected chi connectivity index (χ3v) is 3.55. The van der Waals surface area contributed by atoms with Crippen LogP contribution in [0, 0.1) is 0 Å². The number of phenols is 1. The highest BCUT2D eigenvalue weighted by atomic mass is 35.5. The van der Waals surface area contributed by atoms with Crippen molar-refractivity contribution < 1.29 is 9.52 Å². The van der Waals surface area contributed by atoms with Crippen LogP contribution >= 0.6 is 12.4 Å². The van der Waals surface area contributed by atoms with Gasteiger partial charge >= 0.3 is 5.63 Å². The molecule has 0 saturated heterocycles. The number of benzene rings is 2. The largest absolute Gasteiger partial charge is 0.507 e. The maximum Gasteiger partial charge on any atom is 0.336 e. The highest BCUT2D eigenvalue weighted by Crippen LogP contribution is 2.33. The van der Waals surface area contributed by atoms with Gasteiger partial charge in [-0.1, -0.05) is 30.3 Å². The first-order valence-electron chi connectivity index (χ1n) is 7.05. The molecule has 1 aromatic heterocycles. The standard InChI is InChI=1S/C18H17NO3.ClH/c1-19(2)11-15-16(20)9-8-13-14(10-17(21)22-18(13)15)12-6-4-3-5-7-12;/h3-10,20H,11H2,1-2H3;1H. The van der Waals surface area contributed by atoms with Crippen molar-refractivity contribution in [2.75, 3.05) is 14.1 Å². The molecule has 120 valence electrons. The van der Waals surface area contributed by atoms with Crippen LogP contribution in [0.1, 0.15) is 5.56 Å². The summed E-state index contributed by atoms with van der Waals surface area (Å²) < 4.78 is 5.39. The van der Waals surface area contributed by atoms with Crippen LogP contribution in [-0.2, 0) is 6.54 Å². The normalized spacial score (nSPS) is 10.7. The van der Waals surface area contributed by atoms with Gasteiger partial charge in [0.05, 0.1) is 5.56 Å². The molecular weight excluding hydrogens is 314 g/mol. The highest BCUT2D eigenvalue weighted by Gasteiger charge is 2.15. The van der Waals surface area contributed by atoms with E-state index in [2.05, 4.69) is 0 Å². The Morgan fingerprint density at radius 1 is 1.09 bits per heavy atom. The molecule has 0 atom stereocenters. The molecule has 0 aliphatic rings. The molecule has 0 amide bonds. The van der Waals surface area contributed by atoms with Gasteiger partial charge in [0.2, 0.25) is 0 Å². The van der Waals surface area contributed by atoms with E-state index in [-0.39, 0.29) is 18.2 Å². The summed E-state index contributed by atoms with van der Waals surface area (Å²) in [5, 5.41) is 10.9. The monoisotopic (exact) mass is 331 g/mol. The van der Waals surface area contributed by atoms with Crippen molar-refractivity contribution in [1.82, 2.24) is 4.90 Å². The molecule has 0 aliphatic carbocycles. The first kappa shape index (κ1) is 17.1. The van der Waals surface area contributed by atoms with E-state index < -0.39 is 5.63 Å². The Hall–Kier alpha value is -2.30. The molecule has 0 radical (unpaired) electrons. The van der Waals surface area contributed by atoms with Gasteiger partial charge in [0, 0.05) is 18.0 Å². The van der Waals surface area contributed by atoms with Gasteiger partial charge in [-0.3, -0.25) is 0 Å². The number of nitrogens with zero attached hydrogens (tertiary/aromatic N) is 1. The van der Waals surface area contributed by atoms with Crippen LogP contribution in [-0.4, -0.2) is 24.1 Å². The quantitative estimate of drug-likeness (QED) is 0.744. The Kier molecular flexibility index (Phi) is 5.08. The fraction of sp³-hybridized carbons (Fsp3) is 0.167. The van der Waals surface area contributed by atoms with Crippen molar-refractivity contribution in [3.05, 3.63) is 64.5 Å². The third-order valence-electron chi connectivity index (χ3n) is 3.55. The molecule has 3 aromatic rings. The predicted molar refractivity (Wildman–Crippen MR) is 94.2 cm³/mol. The average molecular weight is 332 g/mol. The van der Waals surface area contributed by atoms with Crippen molar-refractivity contribution in [1.29, 1.82) is 0 Å². The maximum absolute atomic E-state index is 12.0. The van der Waals surface area contributed by atoms with E-state index in [0.717, 1.165) is 16.5 Å². The Morgan fingerprint density at radius 2 is 1.78 bits per heavy atom. The van der Waals surface area contributed by atoms with E-state index in [1.54, 1.807) is 12.1 Å². The third kappa shape index (κ3) is 3.38. The Labute approximate surface area is 140 Å². The smallest absolute Gasteiger partial charge is 0.336 e. The number of phenolic OH excluding ortho intramolecular Hbond substituents is 1. The van der Waals surface area contributed by atoms with Crippen molar-refractivity contribution in [2.45, 2.75) is 6.54 Å². The fourth-order valence-corrected chi connectivity index (χ4v) is 2.60. The van der Waals surface area contributed by atoms with Crippen LogP contribution in [0.15, 0.2) is 57.7 Å². The van der Waals surface area contributed by atoms with Gasteiger partial charge in [-0.05, 0) is 37.4 Å². The van der Waals surface area contributed by atoms with Gasteiger partial charge in [0.15, 0.2) is 0 Å². The summed E-state index contributed by atoms with van der Waals surface area (Å²) in [6.45, 7) is 0.490. The lowest BCUT2D eigenvalue weighted by atomic mass is 9.99. The molecule has 1 heterocycles. The van der Waals surface area contributed by atoms with Gasteiger partial charge in [-0.25, -0.2) is 4.79 Å². The van der Waals surface area contributed by atoms with Crippen molar-refractivity contribution in [3.63, 3.8) is 0 Å². The summed E-state index contributed by atoms with van der Waals surface area (Å²) in [5.41, 5.74) is 2.41. The molecular formula is C18H18ClNO3. The summed E-state index contributed by atoms with van der Waals surface area (Å²) >= 11 is 0. The molecule has 0 spiro atoms. The molecule has 0 fully saturated rings. The predicted octanol–water partition coefficient (Wildman–Crippen LogP) is 3.65. The first-order chi connectivity index (χ1) is 10.6. The zero-order chi connectivity index (χ0) is 15.7. The summed E-state index contributed by atoms with van der Waals surface area (Å²) in [4.78, 5) is 13.9. The number of halogens is 1. The molecule has 0 saturated carbocycles. The van der Waals surface area contributed by atoms with Gasteiger partial charge in [0.1, 0.15) is 11.3 Å². The van der Waals surface area contributed by atoms with E-state index in [1.165, 1.54) is 6.07 Å². The van der Waals surface area contributed by atoms with E-state index in [9.17, 15) is 9.90 Å². The Balaban J connectivity index is 0.00000192. The number of hydrogen-bond donors (Lipinski definition) is 1. The van der Waals surface area contributed by atoms with E-state index in [0.29, 0.717) is 17.7 Å². The SMILES string of the molecule is CN(C)Cc1c(O)ccc2c(-c3ccccc3)cc(=O)oc12.Cl. The van der Waals surface area contributed by atoms with E-state index in [1.807, 2.05) is 49.3 Å². The highest BCUT2D eigenvalue weighted by molar-refractivity contribution is 5.95. The molecule has 0 unspecified atom stereocenters. The topological polar surface area (TPSA) is 53.7 Å².